The van der Waals surface area contributed by atoms with Gasteiger partial charge in [0.05, 0.1) is 5.56 Å². The van der Waals surface area contributed by atoms with E-state index in [4.69, 9.17) is 5.11 Å². The number of nitrogens with one attached hydrogen (secondary N) is 1. The predicted molar refractivity (Wildman–Crippen MR) is 79.5 cm³/mol. The van der Waals surface area contributed by atoms with E-state index in [-0.39, 0.29) is 12.2 Å². The monoisotopic (exact) mass is 283 g/mol. The number of para-hydroxylation sites is 1. The lowest BCUT2D eigenvalue weighted by atomic mass is 10.1. The lowest BCUT2D eigenvalue weighted by Gasteiger charge is -2.09. The van der Waals surface area contributed by atoms with E-state index in [1.54, 1.807) is 12.1 Å². The summed E-state index contributed by atoms with van der Waals surface area (Å²) in [6.07, 6.45) is 0. The van der Waals surface area contributed by atoms with Gasteiger partial charge in [0.1, 0.15) is 12.4 Å². The van der Waals surface area contributed by atoms with Gasteiger partial charge < -0.3 is 10.4 Å². The van der Waals surface area contributed by atoms with Crippen LogP contribution in [0.25, 0.3) is 0 Å². The minimum Gasteiger partial charge on any atom is -0.384 e. The van der Waals surface area contributed by atoms with Crippen LogP contribution < -0.4 is 5.32 Å². The third kappa shape index (κ3) is 3.68. The molecule has 0 saturated heterocycles. The molecule has 21 heavy (non-hydrogen) atoms. The fraction of sp³-hybridized carbons (Fsp3) is 0.118. The Morgan fingerprint density at radius 1 is 1.29 bits per heavy atom. The number of aryl methyl sites for hydroxylation is 1. The number of benzene rings is 2. The normalized spacial score (nSPS) is 9.67. The van der Waals surface area contributed by atoms with Gasteiger partial charge >= 0.3 is 0 Å². The Hall–Kier alpha value is -2.64. The average Bonchev–Trinajstić information content (AvgIpc) is 2.48. The number of aliphatic hydroxyl groups is 1. The van der Waals surface area contributed by atoms with Crippen LogP contribution in [0.4, 0.5) is 10.1 Å². The van der Waals surface area contributed by atoms with Gasteiger partial charge in [-0.25, -0.2) is 4.39 Å². The van der Waals surface area contributed by atoms with Crippen molar-refractivity contribution >= 4 is 11.6 Å². The van der Waals surface area contributed by atoms with Crippen molar-refractivity contribution in [2.75, 3.05) is 11.9 Å². The summed E-state index contributed by atoms with van der Waals surface area (Å²) >= 11 is 0. The Morgan fingerprint density at radius 2 is 2.05 bits per heavy atom. The van der Waals surface area contributed by atoms with Crippen LogP contribution >= 0.6 is 0 Å². The summed E-state index contributed by atoms with van der Waals surface area (Å²) in [6.45, 7) is 1.55. The van der Waals surface area contributed by atoms with Gasteiger partial charge in [0, 0.05) is 11.3 Å². The Labute approximate surface area is 122 Å². The van der Waals surface area contributed by atoms with Crippen LogP contribution in [0.15, 0.2) is 42.5 Å². The van der Waals surface area contributed by atoms with Crippen LogP contribution in [-0.4, -0.2) is 17.6 Å². The van der Waals surface area contributed by atoms with Crippen LogP contribution in [0.5, 0.6) is 0 Å². The highest BCUT2D eigenvalue weighted by Gasteiger charge is 2.12. The van der Waals surface area contributed by atoms with E-state index in [9.17, 15) is 9.18 Å². The third-order valence-electron chi connectivity index (χ3n) is 2.92. The smallest absolute Gasteiger partial charge is 0.257 e. The molecule has 0 atom stereocenters. The Bertz CT molecular complexity index is 729. The summed E-state index contributed by atoms with van der Waals surface area (Å²) in [4.78, 5) is 12.3. The summed E-state index contributed by atoms with van der Waals surface area (Å²) < 4.78 is 13.4. The molecule has 0 fully saturated rings. The number of carbonyl (C=O) groups is 1. The van der Waals surface area contributed by atoms with Crippen LogP contribution in [0.1, 0.15) is 21.5 Å². The number of anilines is 1. The van der Waals surface area contributed by atoms with E-state index in [1.165, 1.54) is 12.1 Å². The molecule has 2 rings (SSSR count). The van der Waals surface area contributed by atoms with Gasteiger partial charge in [-0.1, -0.05) is 30.0 Å². The molecule has 106 valence electrons. The predicted octanol–water partition coefficient (Wildman–Crippen LogP) is 2.73. The lowest BCUT2D eigenvalue weighted by molar-refractivity contribution is 0.102. The summed E-state index contributed by atoms with van der Waals surface area (Å²) in [5, 5.41) is 11.5. The molecule has 0 heterocycles. The van der Waals surface area contributed by atoms with Crippen molar-refractivity contribution in [3.05, 3.63) is 65.0 Å². The molecule has 0 spiro atoms. The van der Waals surface area contributed by atoms with Crippen LogP contribution in [-0.2, 0) is 0 Å². The first-order valence-electron chi connectivity index (χ1n) is 6.38. The van der Waals surface area contributed by atoms with E-state index in [1.807, 2.05) is 19.1 Å². The largest absolute Gasteiger partial charge is 0.384 e. The standard InChI is InChI=1S/C17H14FNO2/c1-12-5-2-3-7-16(12)19-17(21)15-11-14(18)9-8-13(15)6-4-10-20/h2-3,5,7-9,11,20H,10H2,1H3,(H,19,21). The zero-order valence-electron chi connectivity index (χ0n) is 11.5. The van der Waals surface area contributed by atoms with Crippen molar-refractivity contribution in [3.8, 4) is 11.8 Å². The van der Waals surface area contributed by atoms with Crippen molar-refractivity contribution in [1.29, 1.82) is 0 Å². The molecule has 1 amide bonds. The van der Waals surface area contributed by atoms with Crippen molar-refractivity contribution in [1.82, 2.24) is 0 Å². The van der Waals surface area contributed by atoms with Gasteiger partial charge in [-0.2, -0.15) is 0 Å². The SMILES string of the molecule is Cc1ccccc1NC(=O)c1cc(F)ccc1C#CCO. The topological polar surface area (TPSA) is 49.3 Å². The molecule has 2 aromatic carbocycles. The van der Waals surface area contributed by atoms with Gasteiger partial charge in [0.15, 0.2) is 0 Å². The molecule has 3 nitrogen and oxygen atoms in total. The molecule has 0 unspecified atom stereocenters. The summed E-state index contributed by atoms with van der Waals surface area (Å²) in [6, 6.07) is 11.1. The average molecular weight is 283 g/mol. The summed E-state index contributed by atoms with van der Waals surface area (Å²) in [7, 11) is 0. The van der Waals surface area contributed by atoms with Crippen molar-refractivity contribution in [2.45, 2.75) is 6.92 Å². The lowest BCUT2D eigenvalue weighted by Crippen LogP contribution is -2.14. The molecular formula is C17H14FNO2. The highest BCUT2D eigenvalue weighted by atomic mass is 19.1. The first kappa shape index (κ1) is 14.8. The van der Waals surface area contributed by atoms with Crippen LogP contribution in [0, 0.1) is 24.6 Å². The molecular weight excluding hydrogens is 269 g/mol. The Morgan fingerprint density at radius 3 is 2.76 bits per heavy atom. The van der Waals surface area contributed by atoms with Gasteiger partial charge in [0.2, 0.25) is 0 Å². The molecule has 2 aromatic rings. The van der Waals surface area contributed by atoms with Gasteiger partial charge in [-0.15, -0.1) is 0 Å². The Kier molecular flexibility index (Phi) is 4.70. The second kappa shape index (κ2) is 6.69. The van der Waals surface area contributed by atoms with Crippen molar-refractivity contribution in [3.63, 3.8) is 0 Å². The molecule has 0 aromatic heterocycles. The molecule has 0 aliphatic heterocycles. The zero-order valence-corrected chi connectivity index (χ0v) is 11.5. The second-order valence-corrected chi connectivity index (χ2v) is 4.42. The summed E-state index contributed by atoms with van der Waals surface area (Å²) in [5.74, 6) is 4.15. The van der Waals surface area contributed by atoms with Gasteiger partial charge in [-0.3, -0.25) is 4.79 Å². The minimum absolute atomic E-state index is 0.138. The maximum atomic E-state index is 13.4. The highest BCUT2D eigenvalue weighted by Crippen LogP contribution is 2.17. The zero-order chi connectivity index (χ0) is 15.2. The van der Waals surface area contributed by atoms with Gasteiger partial charge in [0.25, 0.3) is 5.91 Å². The summed E-state index contributed by atoms with van der Waals surface area (Å²) in [5.41, 5.74) is 2.08. The van der Waals surface area contributed by atoms with E-state index in [0.29, 0.717) is 11.3 Å². The number of hydrogen-bond acceptors (Lipinski definition) is 2. The number of amides is 1. The van der Waals surface area contributed by atoms with E-state index < -0.39 is 11.7 Å². The maximum absolute atomic E-state index is 13.4. The molecule has 0 aliphatic rings. The fourth-order valence-electron chi connectivity index (χ4n) is 1.85. The molecule has 0 aliphatic carbocycles. The number of aliphatic hydroxyl groups excluding tert-OH is 1. The first-order valence-corrected chi connectivity index (χ1v) is 6.38. The molecule has 0 radical (unpaired) electrons. The maximum Gasteiger partial charge on any atom is 0.257 e. The molecule has 0 saturated carbocycles. The molecule has 2 N–H and O–H groups in total. The Balaban J connectivity index is 2.34. The van der Waals surface area contributed by atoms with E-state index >= 15 is 0 Å². The van der Waals surface area contributed by atoms with Crippen LogP contribution in [0.2, 0.25) is 0 Å². The highest BCUT2D eigenvalue weighted by molar-refractivity contribution is 6.06. The third-order valence-corrected chi connectivity index (χ3v) is 2.92. The van der Waals surface area contributed by atoms with Gasteiger partial charge in [-0.05, 0) is 36.8 Å². The van der Waals surface area contributed by atoms with E-state index in [2.05, 4.69) is 17.2 Å². The van der Waals surface area contributed by atoms with Crippen molar-refractivity contribution in [2.24, 2.45) is 0 Å². The number of carbonyl (C=O) groups excluding carboxylic acids is 1. The van der Waals surface area contributed by atoms with Crippen LogP contribution in [0.3, 0.4) is 0 Å². The quantitative estimate of drug-likeness (QED) is 0.833. The molecule has 4 heteroatoms. The number of hydrogen-bond donors (Lipinski definition) is 2. The second-order valence-electron chi connectivity index (χ2n) is 4.42. The minimum atomic E-state index is -0.514. The first-order chi connectivity index (χ1) is 10.1. The number of rotatable bonds is 2. The number of halogens is 1. The van der Waals surface area contributed by atoms with E-state index in [0.717, 1.165) is 11.6 Å². The van der Waals surface area contributed by atoms with Crippen molar-refractivity contribution < 1.29 is 14.3 Å². The molecule has 0 bridgehead atoms. The fourth-order valence-corrected chi connectivity index (χ4v) is 1.85.